The number of rotatable bonds is 4. The molecule has 1 unspecified atom stereocenters. The van der Waals surface area contributed by atoms with Gasteiger partial charge in [0.1, 0.15) is 5.76 Å². The topological polar surface area (TPSA) is 26.3 Å². The lowest BCUT2D eigenvalue weighted by Gasteiger charge is -2.50. The van der Waals surface area contributed by atoms with Crippen molar-refractivity contribution in [1.82, 2.24) is 0 Å². The molecule has 0 amide bonds. The van der Waals surface area contributed by atoms with Crippen molar-refractivity contribution in [3.8, 4) is 0 Å². The first-order valence-electron chi connectivity index (χ1n) is 11.7. The van der Waals surface area contributed by atoms with Gasteiger partial charge in [-0.05, 0) is 43.9 Å². The summed E-state index contributed by atoms with van der Waals surface area (Å²) in [4.78, 5) is 14.8. The summed E-state index contributed by atoms with van der Waals surface area (Å²) in [7, 11) is 0. The molecule has 2 bridgehead atoms. The molecule has 0 aliphatic heterocycles. The van der Waals surface area contributed by atoms with Crippen molar-refractivity contribution in [2.75, 3.05) is 6.61 Å². The third-order valence-electron chi connectivity index (χ3n) is 9.22. The van der Waals surface area contributed by atoms with E-state index in [9.17, 15) is 4.79 Å². The van der Waals surface area contributed by atoms with Crippen LogP contribution in [0.1, 0.15) is 52.7 Å². The Balaban J connectivity index is 1.96. The van der Waals surface area contributed by atoms with Gasteiger partial charge in [-0.25, -0.2) is 0 Å². The molecule has 0 heterocycles. The van der Waals surface area contributed by atoms with Crippen LogP contribution < -0.4 is 0 Å². The molecule has 3 aliphatic carbocycles. The van der Waals surface area contributed by atoms with E-state index < -0.39 is 5.41 Å². The van der Waals surface area contributed by atoms with Gasteiger partial charge in [-0.1, -0.05) is 92.6 Å². The van der Waals surface area contributed by atoms with Crippen molar-refractivity contribution in [2.24, 2.45) is 16.7 Å². The first-order chi connectivity index (χ1) is 15.3. The number of ketones is 1. The SMILES string of the molecule is CCOC1=C2[C@]3(C)C(C)=C(C)[C@@](C)(C3C)[C@@]2(c2ccccc2)C(=O)C(c2ccccc2)=C1. The Hall–Kier alpha value is -2.87. The van der Waals surface area contributed by atoms with Gasteiger partial charge in [-0.15, -0.1) is 0 Å². The number of fused-ring (bicyclic) bond motifs is 5. The third-order valence-corrected chi connectivity index (χ3v) is 9.22. The summed E-state index contributed by atoms with van der Waals surface area (Å²) in [5.41, 5.74) is 5.31. The summed E-state index contributed by atoms with van der Waals surface area (Å²) >= 11 is 0. The summed E-state index contributed by atoms with van der Waals surface area (Å²) in [5.74, 6) is 1.34. The molecule has 0 spiro atoms. The molecule has 2 aromatic rings. The summed E-state index contributed by atoms with van der Waals surface area (Å²) in [6, 6.07) is 20.5. The van der Waals surface area contributed by atoms with Gasteiger partial charge in [-0.3, -0.25) is 4.79 Å². The van der Waals surface area contributed by atoms with E-state index in [4.69, 9.17) is 4.74 Å². The average molecular weight is 425 g/mol. The maximum atomic E-state index is 14.8. The Bertz CT molecular complexity index is 1200. The standard InChI is InChI=1S/C30H32O2/c1-7-32-25-18-24(22-14-10-8-11-15-22)27(31)30(23-16-12-9-13-17-23)26(25)28(5)19(2)20(3)29(30,6)21(28)4/h8-18,21H,7H2,1-6H3/t21?,28-,29+,30-/m1/s1. The quantitative estimate of drug-likeness (QED) is 0.499. The monoisotopic (exact) mass is 424 g/mol. The fourth-order valence-corrected chi connectivity index (χ4v) is 7.29. The highest BCUT2D eigenvalue weighted by molar-refractivity contribution is 6.29. The van der Waals surface area contributed by atoms with Gasteiger partial charge >= 0.3 is 0 Å². The van der Waals surface area contributed by atoms with Crippen molar-refractivity contribution >= 4 is 11.4 Å². The maximum absolute atomic E-state index is 14.8. The van der Waals surface area contributed by atoms with E-state index >= 15 is 0 Å². The number of ether oxygens (including phenoxy) is 1. The number of carbonyl (C=O) groups is 1. The largest absolute Gasteiger partial charge is 0.494 e. The Morgan fingerprint density at radius 1 is 0.906 bits per heavy atom. The van der Waals surface area contributed by atoms with E-state index in [-0.39, 0.29) is 22.5 Å². The minimum atomic E-state index is -0.781. The second-order valence-electron chi connectivity index (χ2n) is 9.92. The molecule has 5 rings (SSSR count). The molecule has 4 atom stereocenters. The van der Waals surface area contributed by atoms with Gasteiger partial charge in [0.15, 0.2) is 5.78 Å². The van der Waals surface area contributed by atoms with E-state index in [1.54, 1.807) is 0 Å². The van der Waals surface area contributed by atoms with Gasteiger partial charge < -0.3 is 4.74 Å². The van der Waals surface area contributed by atoms with Crippen LogP contribution in [0.2, 0.25) is 0 Å². The van der Waals surface area contributed by atoms with Crippen molar-refractivity contribution in [3.05, 3.63) is 100 Å². The zero-order valence-electron chi connectivity index (χ0n) is 20.0. The molecule has 0 saturated heterocycles. The number of carbonyl (C=O) groups excluding carboxylic acids is 1. The molecule has 2 aromatic carbocycles. The zero-order chi connectivity index (χ0) is 22.9. The minimum absolute atomic E-state index is 0.193. The second-order valence-corrected chi connectivity index (χ2v) is 9.92. The van der Waals surface area contributed by atoms with Crippen LogP contribution in [-0.4, -0.2) is 12.4 Å². The second kappa shape index (κ2) is 6.81. The molecular weight excluding hydrogens is 392 g/mol. The highest BCUT2D eigenvalue weighted by atomic mass is 16.5. The lowest BCUT2D eigenvalue weighted by Crippen LogP contribution is -2.52. The molecule has 164 valence electrons. The van der Waals surface area contributed by atoms with Crippen LogP contribution in [0.4, 0.5) is 0 Å². The van der Waals surface area contributed by atoms with Crippen LogP contribution in [-0.2, 0) is 14.9 Å². The average Bonchev–Trinajstić information content (AvgIpc) is 3.06. The van der Waals surface area contributed by atoms with Crippen LogP contribution in [0, 0.1) is 16.7 Å². The molecule has 0 aromatic heterocycles. The fourth-order valence-electron chi connectivity index (χ4n) is 7.29. The molecule has 2 nitrogen and oxygen atoms in total. The van der Waals surface area contributed by atoms with Crippen LogP contribution in [0.5, 0.6) is 0 Å². The smallest absolute Gasteiger partial charge is 0.179 e. The summed E-state index contributed by atoms with van der Waals surface area (Å²) in [6.45, 7) is 14.1. The lowest BCUT2D eigenvalue weighted by atomic mass is 9.50. The van der Waals surface area contributed by atoms with E-state index in [0.717, 1.165) is 28.0 Å². The summed E-state index contributed by atoms with van der Waals surface area (Å²) < 4.78 is 6.37. The predicted molar refractivity (Wildman–Crippen MR) is 130 cm³/mol. The number of hydrogen-bond donors (Lipinski definition) is 0. The highest BCUT2D eigenvalue weighted by Crippen LogP contribution is 2.79. The first kappa shape index (κ1) is 21.0. The Morgan fingerprint density at radius 2 is 1.50 bits per heavy atom. The van der Waals surface area contributed by atoms with Gasteiger partial charge in [0.2, 0.25) is 0 Å². The van der Waals surface area contributed by atoms with Gasteiger partial charge in [0.25, 0.3) is 0 Å². The van der Waals surface area contributed by atoms with E-state index in [2.05, 4.69) is 58.9 Å². The first-order valence-corrected chi connectivity index (χ1v) is 11.7. The van der Waals surface area contributed by atoms with Gasteiger partial charge in [0.05, 0.1) is 12.0 Å². The van der Waals surface area contributed by atoms with Crippen molar-refractivity contribution in [3.63, 3.8) is 0 Å². The number of allylic oxidation sites excluding steroid dienone is 5. The van der Waals surface area contributed by atoms with E-state index in [1.807, 2.05) is 49.4 Å². The normalized spacial score (nSPS) is 33.5. The minimum Gasteiger partial charge on any atom is -0.494 e. The molecule has 32 heavy (non-hydrogen) atoms. The van der Waals surface area contributed by atoms with Gasteiger partial charge in [-0.2, -0.15) is 0 Å². The van der Waals surface area contributed by atoms with Crippen molar-refractivity contribution in [2.45, 2.75) is 47.0 Å². The van der Waals surface area contributed by atoms with Gasteiger partial charge in [0, 0.05) is 22.0 Å². The van der Waals surface area contributed by atoms with Crippen LogP contribution in [0.3, 0.4) is 0 Å². The Kier molecular flexibility index (Phi) is 4.47. The molecule has 2 heteroatoms. The molecule has 0 radical (unpaired) electrons. The molecule has 0 N–H and O–H groups in total. The maximum Gasteiger partial charge on any atom is 0.179 e. The van der Waals surface area contributed by atoms with Crippen LogP contribution >= 0.6 is 0 Å². The predicted octanol–water partition coefficient (Wildman–Crippen LogP) is 6.89. The van der Waals surface area contributed by atoms with Crippen molar-refractivity contribution in [1.29, 1.82) is 0 Å². The summed E-state index contributed by atoms with van der Waals surface area (Å²) in [5, 5.41) is 0. The number of hydrogen-bond acceptors (Lipinski definition) is 2. The molecule has 3 aliphatic rings. The number of benzene rings is 2. The van der Waals surface area contributed by atoms with E-state index in [0.29, 0.717) is 6.61 Å². The number of Topliss-reactive ketones (excluding diaryl/α,β-unsaturated/α-hetero) is 1. The fraction of sp³-hybridized carbons (Fsp3) is 0.367. The Morgan fingerprint density at radius 3 is 2.09 bits per heavy atom. The zero-order valence-corrected chi connectivity index (χ0v) is 20.0. The van der Waals surface area contributed by atoms with Crippen molar-refractivity contribution < 1.29 is 9.53 Å². The van der Waals surface area contributed by atoms with E-state index in [1.165, 1.54) is 11.1 Å². The van der Waals surface area contributed by atoms with Crippen LogP contribution in [0.15, 0.2) is 89.2 Å². The molecule has 1 saturated carbocycles. The molecular formula is C30H32O2. The highest BCUT2D eigenvalue weighted by Gasteiger charge is 2.77. The summed E-state index contributed by atoms with van der Waals surface area (Å²) in [6.07, 6.45) is 2.02. The lowest BCUT2D eigenvalue weighted by molar-refractivity contribution is -0.121. The molecule has 1 fully saturated rings. The van der Waals surface area contributed by atoms with Crippen LogP contribution in [0.25, 0.3) is 5.57 Å². The third kappa shape index (κ3) is 2.14. The Labute approximate surface area is 191 Å².